The zero-order chi connectivity index (χ0) is 20.3. The number of aryl methyl sites for hydroxylation is 1. The van der Waals surface area contributed by atoms with E-state index in [9.17, 15) is 9.59 Å². The first-order valence-corrected chi connectivity index (χ1v) is 11.4. The van der Waals surface area contributed by atoms with Crippen molar-refractivity contribution in [1.29, 1.82) is 0 Å². The molecule has 2 unspecified atom stereocenters. The maximum absolute atomic E-state index is 13.5. The second-order valence-electron chi connectivity index (χ2n) is 8.86. The minimum atomic E-state index is -0.594. The molecule has 2 nitrogen and oxygen atoms in total. The second kappa shape index (κ2) is 7.25. The number of halogens is 2. The summed E-state index contributed by atoms with van der Waals surface area (Å²) in [7, 11) is 0. The number of carbonyl (C=O) groups excluding carboxylic acids is 2. The molecule has 2 aromatic carbocycles. The van der Waals surface area contributed by atoms with Crippen LogP contribution in [0.3, 0.4) is 0 Å². The van der Waals surface area contributed by atoms with E-state index in [2.05, 4.69) is 13.0 Å². The van der Waals surface area contributed by atoms with Crippen LogP contribution in [-0.4, -0.2) is 11.6 Å². The summed E-state index contributed by atoms with van der Waals surface area (Å²) < 4.78 is 0. The maximum Gasteiger partial charge on any atom is 0.151 e. The van der Waals surface area contributed by atoms with Gasteiger partial charge in [0.15, 0.2) is 11.6 Å². The van der Waals surface area contributed by atoms with Crippen molar-refractivity contribution in [1.82, 2.24) is 0 Å². The Labute approximate surface area is 181 Å². The molecular weight excluding hydrogens is 403 g/mol. The third-order valence-electron chi connectivity index (χ3n) is 7.54. The Balaban J connectivity index is 1.59. The summed E-state index contributed by atoms with van der Waals surface area (Å²) in [5.41, 5.74) is 3.90. The standard InChI is InChI=1S/C25H24Cl2O2/c1-2-13-3-8-16(17-9-10-19(26)20(27)12-17)11-18(13)23-24(28)21-14-4-5-15(7-6-14)22(21)25(23)29/h3,8-12,14-15,21-23H,2,4-7H2,1H3. The van der Waals surface area contributed by atoms with E-state index in [-0.39, 0.29) is 23.4 Å². The van der Waals surface area contributed by atoms with Crippen molar-refractivity contribution in [3.8, 4) is 11.1 Å². The Bertz CT molecular complexity index is 974. The fourth-order valence-electron chi connectivity index (χ4n) is 6.14. The van der Waals surface area contributed by atoms with Gasteiger partial charge in [-0.1, -0.05) is 48.3 Å². The van der Waals surface area contributed by atoms with E-state index in [1.54, 1.807) is 6.07 Å². The molecule has 0 heterocycles. The zero-order valence-electron chi connectivity index (χ0n) is 16.5. The minimum absolute atomic E-state index is 0.0432. The molecule has 0 saturated heterocycles. The van der Waals surface area contributed by atoms with E-state index in [4.69, 9.17) is 23.2 Å². The first kappa shape index (κ1) is 19.3. The van der Waals surface area contributed by atoms with Crippen LogP contribution < -0.4 is 0 Å². The molecule has 4 fully saturated rings. The lowest BCUT2D eigenvalue weighted by atomic mass is 9.59. The molecular formula is C25H24Cl2O2. The van der Waals surface area contributed by atoms with Gasteiger partial charge in [0.1, 0.15) is 5.92 Å². The number of Topliss-reactive ketones (excluding diaryl/α,β-unsaturated/α-hetero) is 2. The smallest absolute Gasteiger partial charge is 0.151 e. The van der Waals surface area contributed by atoms with Crippen LogP contribution in [0.1, 0.15) is 49.7 Å². The summed E-state index contributed by atoms with van der Waals surface area (Å²) >= 11 is 12.3. The minimum Gasteiger partial charge on any atom is -0.298 e. The fraction of sp³-hybridized carbons (Fsp3) is 0.440. The lowest BCUT2D eigenvalue weighted by Gasteiger charge is -2.43. The monoisotopic (exact) mass is 426 g/mol. The van der Waals surface area contributed by atoms with Gasteiger partial charge in [0, 0.05) is 11.8 Å². The molecule has 4 heteroatoms. The van der Waals surface area contributed by atoms with Gasteiger partial charge >= 0.3 is 0 Å². The van der Waals surface area contributed by atoms with Gasteiger partial charge < -0.3 is 0 Å². The van der Waals surface area contributed by atoms with Crippen LogP contribution in [0.2, 0.25) is 10.0 Å². The Morgan fingerprint density at radius 3 is 1.90 bits per heavy atom. The summed E-state index contributed by atoms with van der Waals surface area (Å²) in [6, 6.07) is 11.7. The van der Waals surface area contributed by atoms with E-state index >= 15 is 0 Å². The summed E-state index contributed by atoms with van der Waals surface area (Å²) in [5.74, 6) is 0.496. The largest absolute Gasteiger partial charge is 0.298 e. The van der Waals surface area contributed by atoms with Crippen LogP contribution in [0.15, 0.2) is 36.4 Å². The van der Waals surface area contributed by atoms with Gasteiger partial charge in [0.05, 0.1) is 10.0 Å². The maximum atomic E-state index is 13.5. The number of rotatable bonds is 3. The quantitative estimate of drug-likeness (QED) is 0.524. The van der Waals surface area contributed by atoms with Gasteiger partial charge in [0.25, 0.3) is 0 Å². The van der Waals surface area contributed by atoms with Crippen molar-refractivity contribution >= 4 is 34.8 Å². The third-order valence-corrected chi connectivity index (χ3v) is 8.27. The highest BCUT2D eigenvalue weighted by Crippen LogP contribution is 2.56. The van der Waals surface area contributed by atoms with Gasteiger partial charge in [-0.25, -0.2) is 0 Å². The van der Waals surface area contributed by atoms with Gasteiger partial charge in [-0.15, -0.1) is 0 Å². The zero-order valence-corrected chi connectivity index (χ0v) is 18.0. The SMILES string of the molecule is CCc1ccc(-c2ccc(Cl)c(Cl)c2)cc1C1C(=O)C2C3CCC(CC3)C2C1=O. The lowest BCUT2D eigenvalue weighted by molar-refractivity contribution is -0.129. The molecule has 2 atom stereocenters. The van der Waals surface area contributed by atoms with Gasteiger partial charge in [0.2, 0.25) is 0 Å². The van der Waals surface area contributed by atoms with Crippen molar-refractivity contribution in [2.45, 2.75) is 44.9 Å². The average Bonchev–Trinajstić information content (AvgIpc) is 3.03. The number of carbonyl (C=O) groups is 2. The topological polar surface area (TPSA) is 34.1 Å². The Morgan fingerprint density at radius 1 is 0.793 bits per heavy atom. The molecule has 29 heavy (non-hydrogen) atoms. The highest BCUT2D eigenvalue weighted by molar-refractivity contribution is 6.42. The van der Waals surface area contributed by atoms with Gasteiger partial charge in [-0.2, -0.15) is 0 Å². The van der Waals surface area contributed by atoms with Gasteiger partial charge in [-0.05, 0) is 84.4 Å². The van der Waals surface area contributed by atoms with Crippen LogP contribution in [0, 0.1) is 23.7 Å². The summed E-state index contributed by atoms with van der Waals surface area (Å²) in [6.45, 7) is 2.08. The normalized spacial score (nSPS) is 30.7. The molecule has 150 valence electrons. The predicted octanol–water partition coefficient (Wildman–Crippen LogP) is 6.51. The number of fused-ring (bicyclic) bond motifs is 2. The molecule has 2 bridgehead atoms. The van der Waals surface area contributed by atoms with Crippen LogP contribution in [-0.2, 0) is 16.0 Å². The predicted molar refractivity (Wildman–Crippen MR) is 116 cm³/mol. The highest BCUT2D eigenvalue weighted by atomic mass is 35.5. The molecule has 4 aliphatic rings. The Kier molecular flexibility index (Phi) is 4.83. The molecule has 4 saturated carbocycles. The van der Waals surface area contributed by atoms with Crippen LogP contribution in [0.25, 0.3) is 11.1 Å². The Hall–Kier alpha value is -1.64. The number of hydrogen-bond acceptors (Lipinski definition) is 2. The lowest BCUT2D eigenvalue weighted by Crippen LogP contribution is -2.41. The first-order chi connectivity index (χ1) is 14.0. The third kappa shape index (κ3) is 2.99. The average molecular weight is 427 g/mol. The fourth-order valence-corrected chi connectivity index (χ4v) is 6.44. The van der Waals surface area contributed by atoms with Gasteiger partial charge in [-0.3, -0.25) is 9.59 Å². The van der Waals surface area contributed by atoms with E-state index in [0.29, 0.717) is 21.9 Å². The molecule has 0 amide bonds. The van der Waals surface area contributed by atoms with E-state index in [1.807, 2.05) is 24.3 Å². The molecule has 0 aliphatic heterocycles. The molecule has 4 aliphatic carbocycles. The molecule has 0 radical (unpaired) electrons. The van der Waals surface area contributed by atoms with Crippen molar-refractivity contribution in [3.05, 3.63) is 57.6 Å². The van der Waals surface area contributed by atoms with Crippen LogP contribution in [0.4, 0.5) is 0 Å². The summed E-state index contributed by atoms with van der Waals surface area (Å²) in [5, 5.41) is 1.02. The van der Waals surface area contributed by atoms with Crippen molar-refractivity contribution < 1.29 is 9.59 Å². The number of ketones is 2. The van der Waals surface area contributed by atoms with Crippen molar-refractivity contribution in [2.75, 3.05) is 0 Å². The Morgan fingerprint density at radius 2 is 1.34 bits per heavy atom. The highest BCUT2D eigenvalue weighted by Gasteiger charge is 2.59. The van der Waals surface area contributed by atoms with Crippen LogP contribution in [0.5, 0.6) is 0 Å². The number of benzene rings is 2. The molecule has 0 N–H and O–H groups in total. The molecule has 0 spiro atoms. The molecule has 2 aromatic rings. The van der Waals surface area contributed by atoms with E-state index in [1.165, 1.54) is 0 Å². The van der Waals surface area contributed by atoms with E-state index < -0.39 is 5.92 Å². The summed E-state index contributed by atoms with van der Waals surface area (Å²) in [4.78, 5) is 27.0. The van der Waals surface area contributed by atoms with Crippen molar-refractivity contribution in [2.24, 2.45) is 23.7 Å². The molecule has 0 aromatic heterocycles. The first-order valence-electron chi connectivity index (χ1n) is 10.6. The molecule has 6 rings (SSSR count). The van der Waals surface area contributed by atoms with Crippen molar-refractivity contribution in [3.63, 3.8) is 0 Å². The van der Waals surface area contributed by atoms with Crippen LogP contribution >= 0.6 is 23.2 Å². The van der Waals surface area contributed by atoms with E-state index in [0.717, 1.165) is 54.4 Å². The summed E-state index contributed by atoms with van der Waals surface area (Å²) in [6.07, 6.45) is 5.25. The number of hydrogen-bond donors (Lipinski definition) is 0. The second-order valence-corrected chi connectivity index (χ2v) is 9.67.